The second-order valence-corrected chi connectivity index (χ2v) is 14.4. The normalized spacial score (nSPS) is 28.3. The largest absolute Gasteiger partial charge is 0.481 e. The maximum Gasteiger partial charge on any atom is 0.481 e. The number of aliphatic hydroxyl groups excluding tert-OH is 4. The van der Waals surface area contributed by atoms with Crippen LogP contribution in [0.3, 0.4) is 0 Å². The summed E-state index contributed by atoms with van der Waals surface area (Å²) in [6.45, 7) is -1.85. The van der Waals surface area contributed by atoms with Crippen LogP contribution in [-0.4, -0.2) is 105 Å². The number of phosphoric acid groups is 2. The number of aromatic nitrogens is 5. The molecule has 6 rings (SSSR count). The Morgan fingerprint density at radius 1 is 0.962 bits per heavy atom. The Balaban J connectivity index is 1.04. The summed E-state index contributed by atoms with van der Waals surface area (Å²) in [5.74, 6) is -0.426. The van der Waals surface area contributed by atoms with Crippen molar-refractivity contribution in [3.8, 4) is 0 Å². The summed E-state index contributed by atoms with van der Waals surface area (Å²) in [7, 11) is -10.8. The Labute approximate surface area is 291 Å². The van der Waals surface area contributed by atoms with Gasteiger partial charge in [0.25, 0.3) is 6.23 Å². The predicted molar refractivity (Wildman–Crippen MR) is 170 cm³/mol. The summed E-state index contributed by atoms with van der Waals surface area (Å²) in [5.41, 5.74) is 15.3. The average molecular weight is 767 g/mol. The fraction of sp³-hybridized carbons (Fsp3) is 0.370. The number of nitrogen functional groups attached to an aromatic ring is 1. The molecule has 0 saturated carbocycles. The van der Waals surface area contributed by atoms with Gasteiger partial charge in [0.05, 0.1) is 25.1 Å². The van der Waals surface area contributed by atoms with Crippen LogP contribution in [0, 0.1) is 0 Å². The Morgan fingerprint density at radius 2 is 1.63 bits per heavy atom. The van der Waals surface area contributed by atoms with Crippen LogP contribution in [0.4, 0.5) is 11.5 Å². The van der Waals surface area contributed by atoms with E-state index in [0.29, 0.717) is 0 Å². The molecule has 2 fully saturated rings. The lowest BCUT2D eigenvalue weighted by Crippen LogP contribution is -2.46. The molecule has 4 aromatic rings. The molecule has 10 atom stereocenters. The van der Waals surface area contributed by atoms with Gasteiger partial charge in [-0.2, -0.15) is 8.88 Å². The van der Waals surface area contributed by atoms with E-state index in [4.69, 9.17) is 29.8 Å². The first-order valence-corrected chi connectivity index (χ1v) is 18.0. The molecule has 52 heavy (non-hydrogen) atoms. The van der Waals surface area contributed by atoms with Gasteiger partial charge in [0, 0.05) is 22.2 Å². The van der Waals surface area contributed by atoms with Gasteiger partial charge >= 0.3 is 15.6 Å². The number of nitrogens with two attached hydrogens (primary N) is 1. The number of azide groups is 1. The lowest BCUT2D eigenvalue weighted by atomic mass is 10.0. The smallest absolute Gasteiger partial charge is 0.387 e. The molecule has 2 saturated heterocycles. The van der Waals surface area contributed by atoms with Crippen molar-refractivity contribution in [1.29, 1.82) is 0 Å². The van der Waals surface area contributed by atoms with Crippen LogP contribution in [0.15, 0.2) is 66.6 Å². The minimum atomic E-state index is -5.42. The quantitative estimate of drug-likeness (QED) is 0.0236. The van der Waals surface area contributed by atoms with Crippen molar-refractivity contribution >= 4 is 44.1 Å². The van der Waals surface area contributed by atoms with Gasteiger partial charge in [-0.25, -0.2) is 24.1 Å². The van der Waals surface area contributed by atoms with Gasteiger partial charge < -0.3 is 45.4 Å². The van der Waals surface area contributed by atoms with Gasteiger partial charge in [0.2, 0.25) is 0 Å². The maximum atomic E-state index is 13.1. The number of rotatable bonds is 13. The fourth-order valence-electron chi connectivity index (χ4n) is 5.49. The molecule has 0 aliphatic carbocycles. The first-order chi connectivity index (χ1) is 24.7. The second kappa shape index (κ2) is 15.0. The Morgan fingerprint density at radius 3 is 2.35 bits per heavy atom. The minimum Gasteiger partial charge on any atom is -0.387 e. The van der Waals surface area contributed by atoms with Gasteiger partial charge in [-0.3, -0.25) is 18.4 Å². The van der Waals surface area contributed by atoms with E-state index in [-0.39, 0.29) is 33.8 Å². The zero-order valence-electron chi connectivity index (χ0n) is 26.3. The Kier molecular flexibility index (Phi) is 10.8. The minimum absolute atomic E-state index is 0.0429. The molecule has 0 bridgehead atoms. The number of hydrogen-bond acceptors (Lipinski definition) is 17. The summed E-state index contributed by atoms with van der Waals surface area (Å²) in [5, 5.41) is 45.8. The number of nitrogens with zero attached hydrogens (tertiary/aromatic N) is 8. The van der Waals surface area contributed by atoms with Crippen molar-refractivity contribution in [3.05, 3.63) is 83.0 Å². The number of aliphatic hydroxyl groups is 4. The van der Waals surface area contributed by atoms with E-state index >= 15 is 0 Å². The van der Waals surface area contributed by atoms with Crippen molar-refractivity contribution in [3.63, 3.8) is 0 Å². The van der Waals surface area contributed by atoms with Crippen molar-refractivity contribution in [2.75, 3.05) is 18.9 Å². The van der Waals surface area contributed by atoms with Crippen molar-refractivity contribution < 1.29 is 71.5 Å². The lowest BCUT2D eigenvalue weighted by Gasteiger charge is -2.20. The van der Waals surface area contributed by atoms with Gasteiger partial charge in [-0.05, 0) is 17.7 Å². The van der Waals surface area contributed by atoms with Crippen LogP contribution >= 0.6 is 15.6 Å². The number of imidazole rings is 1. The van der Waals surface area contributed by atoms with E-state index < -0.39 is 83.7 Å². The number of phosphoric ester groups is 2. The number of benzene rings is 1. The molecule has 0 spiro atoms. The van der Waals surface area contributed by atoms with Crippen molar-refractivity contribution in [2.45, 2.75) is 49.1 Å². The second-order valence-electron chi connectivity index (χ2n) is 11.4. The number of fused-ring (bicyclic) bond motifs is 1. The van der Waals surface area contributed by atoms with Gasteiger partial charge in [-0.1, -0.05) is 23.3 Å². The highest BCUT2D eigenvalue weighted by Crippen LogP contribution is 2.60. The van der Waals surface area contributed by atoms with Gasteiger partial charge in [0.1, 0.15) is 42.4 Å². The molecule has 0 amide bonds. The number of pyridine rings is 1. The van der Waals surface area contributed by atoms with E-state index in [9.17, 15) is 44.1 Å². The molecule has 2 unspecified atom stereocenters. The average Bonchev–Trinajstić information content (AvgIpc) is 3.76. The lowest BCUT2D eigenvalue weighted by molar-refractivity contribution is -0.765. The highest BCUT2D eigenvalue weighted by atomic mass is 31.3. The molecule has 2 aliphatic heterocycles. The number of ketones is 1. The summed E-state index contributed by atoms with van der Waals surface area (Å²) in [6.07, 6.45) is -7.05. The van der Waals surface area contributed by atoms with E-state index in [2.05, 4.69) is 29.3 Å². The molecular weight excluding hydrogens is 736 g/mol. The highest BCUT2D eigenvalue weighted by Gasteiger charge is 2.50. The monoisotopic (exact) mass is 766 g/mol. The number of hydrogen-bond donors (Lipinski definition) is 7. The SMILES string of the molecule is [N-]=[N+]=Nc1cccc(C(=O)c2ccc[n+]([C@@H]3O[C@H](COP(=O)(O)OP(=O)(O)OC[C@H]4O[C@@H](n5cnc6c(N)ncnc65)[C@H](O)[C@@H]4O)[C@@H](O)[C@H]3O)c2)c1. The topological polar surface area (TPSA) is 341 Å². The summed E-state index contributed by atoms with van der Waals surface area (Å²) in [4.78, 5) is 47.9. The van der Waals surface area contributed by atoms with Crippen molar-refractivity contribution in [1.82, 2.24) is 19.5 Å². The summed E-state index contributed by atoms with van der Waals surface area (Å²) < 4.78 is 52.7. The fourth-order valence-corrected chi connectivity index (χ4v) is 7.58. The molecule has 3 aromatic heterocycles. The highest BCUT2D eigenvalue weighted by molar-refractivity contribution is 7.61. The zero-order valence-corrected chi connectivity index (χ0v) is 28.1. The van der Waals surface area contributed by atoms with Crippen LogP contribution in [0.1, 0.15) is 28.4 Å². The Hall–Kier alpha value is -4.28. The van der Waals surface area contributed by atoms with Crippen LogP contribution < -0.4 is 10.3 Å². The third kappa shape index (κ3) is 7.88. The summed E-state index contributed by atoms with van der Waals surface area (Å²) >= 11 is 0. The molecule has 1 aromatic carbocycles. The van der Waals surface area contributed by atoms with E-state index in [0.717, 1.165) is 6.33 Å². The standard InChI is InChI=1S/C27H29N9O14P2/c28-24-18-25(31-11-30-24)36(12-32-18)27-23(41)21(39)17(49-27)10-47-52(44,45)50-51(42,43)46-9-16-20(38)22(40)26(48-16)35-6-2-4-14(8-35)19(37)13-3-1-5-15(7-13)33-34-29/h1-8,11-12,16-17,20-23,26-27,38-41H,9-10H2,(H3-,28,30,31,42,43,44,45)/p+1/t16-,17-,20-,21-,22-,23-,26-,27-/m1/s1. The van der Waals surface area contributed by atoms with E-state index in [1.54, 1.807) is 0 Å². The molecule has 5 heterocycles. The molecular formula is C27H30N9O14P2+. The third-order valence-corrected chi connectivity index (χ3v) is 10.6. The first-order valence-electron chi connectivity index (χ1n) is 15.0. The third-order valence-electron chi connectivity index (χ3n) is 7.99. The molecule has 23 nitrogen and oxygen atoms in total. The van der Waals surface area contributed by atoms with E-state index in [1.807, 2.05) is 0 Å². The number of carbonyl (C=O) groups excluding carboxylic acids is 1. The summed E-state index contributed by atoms with van der Waals surface area (Å²) in [6, 6.07) is 8.85. The molecule has 0 radical (unpaired) electrons. The van der Waals surface area contributed by atoms with Crippen LogP contribution in [0.5, 0.6) is 0 Å². The molecule has 2 aliphatic rings. The maximum absolute atomic E-state index is 13.1. The number of ether oxygens (including phenoxy) is 2. The van der Waals surface area contributed by atoms with Crippen LogP contribution in [-0.2, 0) is 32.0 Å². The zero-order chi connectivity index (χ0) is 37.4. The van der Waals surface area contributed by atoms with Gasteiger partial charge in [-0.15, -0.1) is 0 Å². The number of anilines is 1. The Bertz CT molecular complexity index is 2120. The first kappa shape index (κ1) is 37.5. The molecule has 25 heteroatoms. The van der Waals surface area contributed by atoms with E-state index in [1.165, 1.54) is 64.3 Å². The molecule has 276 valence electrons. The van der Waals surface area contributed by atoms with Crippen molar-refractivity contribution in [2.24, 2.45) is 5.11 Å². The van der Waals surface area contributed by atoms with Crippen LogP contribution in [0.25, 0.3) is 21.6 Å². The van der Waals surface area contributed by atoms with Crippen LogP contribution in [0.2, 0.25) is 0 Å². The van der Waals surface area contributed by atoms with Gasteiger partial charge in [0.15, 0.2) is 42.0 Å². The number of carbonyl (C=O) groups is 1. The molecule has 8 N–H and O–H groups in total. The predicted octanol–water partition coefficient (Wildman–Crippen LogP) is 0.0580.